The molecule has 3 fully saturated rings. The second-order valence-corrected chi connectivity index (χ2v) is 10.1. The molecule has 0 spiro atoms. The Labute approximate surface area is 201 Å². The molecule has 3 aliphatic heterocycles. The number of hydrogen-bond acceptors (Lipinski definition) is 4. The molecule has 3 saturated heterocycles. The normalized spacial score (nSPS) is 23.1. The Hall–Kier alpha value is -2.48. The van der Waals surface area contributed by atoms with Crippen molar-refractivity contribution in [3.05, 3.63) is 35.6 Å². The smallest absolute Gasteiger partial charge is 0.237 e. The Morgan fingerprint density at radius 1 is 0.882 bits per heavy atom. The summed E-state index contributed by atoms with van der Waals surface area (Å²) in [6.45, 7) is 4.00. The highest BCUT2D eigenvalue weighted by Crippen LogP contribution is 2.31. The SMILES string of the molecule is NC(=O)C1CCN(CC(=O)N2CCCCC2C2CCN(C(=O)Cc3ccccc3F)CC2)CC1. The fourth-order valence-corrected chi connectivity index (χ4v) is 5.86. The Morgan fingerprint density at radius 2 is 1.59 bits per heavy atom. The van der Waals surface area contributed by atoms with Crippen molar-refractivity contribution in [1.82, 2.24) is 14.7 Å². The van der Waals surface area contributed by atoms with Gasteiger partial charge in [0.1, 0.15) is 5.82 Å². The molecule has 2 N–H and O–H groups in total. The van der Waals surface area contributed by atoms with Gasteiger partial charge in [0.25, 0.3) is 0 Å². The predicted octanol–water partition coefficient (Wildman–Crippen LogP) is 2.19. The first-order chi connectivity index (χ1) is 16.4. The summed E-state index contributed by atoms with van der Waals surface area (Å²) >= 11 is 0. The number of halogens is 1. The highest BCUT2D eigenvalue weighted by molar-refractivity contribution is 5.80. The van der Waals surface area contributed by atoms with Crippen LogP contribution in [-0.4, -0.2) is 77.7 Å². The van der Waals surface area contributed by atoms with Crippen molar-refractivity contribution < 1.29 is 18.8 Å². The molecule has 1 aromatic carbocycles. The van der Waals surface area contributed by atoms with E-state index < -0.39 is 0 Å². The fourth-order valence-electron chi connectivity index (χ4n) is 5.86. The first kappa shape index (κ1) is 24.6. The van der Waals surface area contributed by atoms with Crippen LogP contribution < -0.4 is 5.73 Å². The lowest BCUT2D eigenvalue weighted by Gasteiger charge is -2.44. The van der Waals surface area contributed by atoms with Gasteiger partial charge in [-0.25, -0.2) is 4.39 Å². The number of amides is 3. The molecule has 3 aliphatic rings. The summed E-state index contributed by atoms with van der Waals surface area (Å²) in [5.74, 6) is -0.0933. The van der Waals surface area contributed by atoms with Gasteiger partial charge >= 0.3 is 0 Å². The van der Waals surface area contributed by atoms with Gasteiger partial charge in [-0.1, -0.05) is 18.2 Å². The molecule has 1 atom stereocenters. The van der Waals surface area contributed by atoms with Crippen LogP contribution in [0.25, 0.3) is 0 Å². The van der Waals surface area contributed by atoms with E-state index in [0.29, 0.717) is 31.1 Å². The van der Waals surface area contributed by atoms with E-state index in [-0.39, 0.29) is 41.9 Å². The van der Waals surface area contributed by atoms with E-state index in [1.807, 2.05) is 4.90 Å². The summed E-state index contributed by atoms with van der Waals surface area (Å²) in [7, 11) is 0. The Kier molecular flexibility index (Phi) is 8.19. The van der Waals surface area contributed by atoms with Gasteiger partial charge in [-0.3, -0.25) is 19.3 Å². The van der Waals surface area contributed by atoms with Gasteiger partial charge < -0.3 is 15.5 Å². The van der Waals surface area contributed by atoms with Crippen LogP contribution in [-0.2, 0) is 20.8 Å². The minimum absolute atomic E-state index is 0.0282. The molecule has 1 unspecified atom stereocenters. The van der Waals surface area contributed by atoms with E-state index in [0.717, 1.165) is 64.6 Å². The molecule has 0 saturated carbocycles. The molecule has 3 amide bonds. The number of likely N-dealkylation sites (tertiary alicyclic amines) is 3. The maximum atomic E-state index is 13.9. The summed E-state index contributed by atoms with van der Waals surface area (Å²) in [6, 6.07) is 6.68. The van der Waals surface area contributed by atoms with E-state index in [1.165, 1.54) is 6.07 Å². The van der Waals surface area contributed by atoms with E-state index >= 15 is 0 Å². The standard InChI is InChI=1S/C26H37FN4O3/c27-22-6-2-1-5-21(22)17-24(32)30-15-10-19(11-16-30)23-7-3-4-12-31(23)25(33)18-29-13-8-20(9-14-29)26(28)34/h1-2,5-6,19-20,23H,3-4,7-18H2,(H2,28,34). The van der Waals surface area contributed by atoms with Crippen molar-refractivity contribution in [2.24, 2.45) is 17.6 Å². The minimum atomic E-state index is -0.332. The van der Waals surface area contributed by atoms with Crippen LogP contribution in [0.5, 0.6) is 0 Å². The molecule has 1 aromatic rings. The van der Waals surface area contributed by atoms with Crippen LogP contribution in [0.2, 0.25) is 0 Å². The van der Waals surface area contributed by atoms with Gasteiger partial charge in [0.15, 0.2) is 0 Å². The lowest BCUT2D eigenvalue weighted by Crippen LogP contribution is -2.53. The van der Waals surface area contributed by atoms with Crippen LogP contribution >= 0.6 is 0 Å². The van der Waals surface area contributed by atoms with Crippen LogP contribution in [0.15, 0.2) is 24.3 Å². The highest BCUT2D eigenvalue weighted by Gasteiger charge is 2.36. The zero-order valence-electron chi connectivity index (χ0n) is 20.0. The van der Waals surface area contributed by atoms with E-state index in [9.17, 15) is 18.8 Å². The van der Waals surface area contributed by atoms with Crippen LogP contribution in [0, 0.1) is 17.7 Å². The number of piperidine rings is 3. The van der Waals surface area contributed by atoms with Crippen LogP contribution in [0.3, 0.4) is 0 Å². The van der Waals surface area contributed by atoms with E-state index in [4.69, 9.17) is 5.73 Å². The third-order valence-electron chi connectivity index (χ3n) is 7.95. The molecule has 7 nitrogen and oxygen atoms in total. The number of hydrogen-bond donors (Lipinski definition) is 1. The van der Waals surface area contributed by atoms with Gasteiger partial charge in [0.05, 0.1) is 13.0 Å². The van der Waals surface area contributed by atoms with Gasteiger partial charge in [0, 0.05) is 31.6 Å². The molecular formula is C26H37FN4O3. The Morgan fingerprint density at radius 3 is 2.26 bits per heavy atom. The largest absolute Gasteiger partial charge is 0.369 e. The average molecular weight is 473 g/mol. The van der Waals surface area contributed by atoms with E-state index in [2.05, 4.69) is 9.80 Å². The number of benzene rings is 1. The van der Waals surface area contributed by atoms with Gasteiger partial charge in [0.2, 0.25) is 17.7 Å². The predicted molar refractivity (Wildman–Crippen MR) is 127 cm³/mol. The van der Waals surface area contributed by atoms with Crippen LogP contribution in [0.4, 0.5) is 4.39 Å². The second kappa shape index (κ2) is 11.3. The summed E-state index contributed by atoms with van der Waals surface area (Å²) in [4.78, 5) is 43.5. The summed E-state index contributed by atoms with van der Waals surface area (Å²) in [5, 5.41) is 0. The molecule has 34 heavy (non-hydrogen) atoms. The summed E-state index contributed by atoms with van der Waals surface area (Å²) in [6.07, 6.45) is 6.48. The quantitative estimate of drug-likeness (QED) is 0.688. The number of rotatable bonds is 6. The number of primary amides is 1. The zero-order valence-corrected chi connectivity index (χ0v) is 20.0. The highest BCUT2D eigenvalue weighted by atomic mass is 19.1. The molecule has 0 aliphatic carbocycles. The molecule has 0 bridgehead atoms. The number of nitrogens with two attached hydrogens (primary N) is 1. The monoisotopic (exact) mass is 472 g/mol. The van der Waals surface area contributed by atoms with Crippen molar-refractivity contribution in [1.29, 1.82) is 0 Å². The lowest BCUT2D eigenvalue weighted by atomic mass is 9.83. The summed E-state index contributed by atoms with van der Waals surface area (Å²) < 4.78 is 13.9. The Bertz CT molecular complexity index is 879. The van der Waals surface area contributed by atoms with Crippen molar-refractivity contribution >= 4 is 17.7 Å². The molecule has 3 heterocycles. The molecule has 0 radical (unpaired) electrons. The number of nitrogens with zero attached hydrogens (tertiary/aromatic N) is 3. The Balaban J connectivity index is 1.28. The maximum Gasteiger partial charge on any atom is 0.237 e. The fraction of sp³-hybridized carbons (Fsp3) is 0.654. The third kappa shape index (κ3) is 5.95. The molecule has 4 rings (SSSR count). The number of carbonyl (C=O) groups is 3. The van der Waals surface area contributed by atoms with Gasteiger partial charge in [-0.2, -0.15) is 0 Å². The summed E-state index contributed by atoms with van der Waals surface area (Å²) in [5.41, 5.74) is 5.87. The second-order valence-electron chi connectivity index (χ2n) is 10.1. The maximum absolute atomic E-state index is 13.9. The van der Waals surface area contributed by atoms with Crippen molar-refractivity contribution in [2.45, 2.75) is 57.4 Å². The van der Waals surface area contributed by atoms with Crippen LogP contribution in [0.1, 0.15) is 50.5 Å². The first-order valence-electron chi connectivity index (χ1n) is 12.7. The van der Waals surface area contributed by atoms with E-state index in [1.54, 1.807) is 18.2 Å². The molecule has 186 valence electrons. The van der Waals surface area contributed by atoms with Crippen molar-refractivity contribution in [2.75, 3.05) is 39.3 Å². The molecule has 0 aromatic heterocycles. The van der Waals surface area contributed by atoms with Gasteiger partial charge in [-0.15, -0.1) is 0 Å². The lowest BCUT2D eigenvalue weighted by molar-refractivity contribution is -0.140. The topological polar surface area (TPSA) is 86.9 Å². The average Bonchev–Trinajstić information content (AvgIpc) is 2.86. The molecular weight excluding hydrogens is 435 g/mol. The van der Waals surface area contributed by atoms with Crippen molar-refractivity contribution in [3.8, 4) is 0 Å². The van der Waals surface area contributed by atoms with Crippen molar-refractivity contribution in [3.63, 3.8) is 0 Å². The third-order valence-corrected chi connectivity index (χ3v) is 7.95. The zero-order chi connectivity index (χ0) is 24.1. The van der Waals surface area contributed by atoms with Gasteiger partial charge in [-0.05, 0) is 75.6 Å². The first-order valence-corrected chi connectivity index (χ1v) is 12.7. The minimum Gasteiger partial charge on any atom is -0.369 e. The molecule has 8 heteroatoms. The number of carbonyl (C=O) groups excluding carboxylic acids is 3.